The molecule has 0 fully saturated rings. The third kappa shape index (κ3) is 4.34. The van der Waals surface area contributed by atoms with E-state index in [1.165, 1.54) is 7.11 Å². The zero-order chi connectivity index (χ0) is 12.8. The SMILES string of the molecule is COCC(N)C(=O)N[C@@H](C)c1cccc(Cl)c1. The molecule has 0 aliphatic rings. The molecule has 0 aliphatic heterocycles. The molecule has 0 saturated heterocycles. The highest BCUT2D eigenvalue weighted by molar-refractivity contribution is 6.30. The van der Waals surface area contributed by atoms with Crippen molar-refractivity contribution in [1.29, 1.82) is 0 Å². The first-order valence-corrected chi connectivity index (χ1v) is 5.72. The molecule has 94 valence electrons. The molecule has 0 saturated carbocycles. The lowest BCUT2D eigenvalue weighted by Crippen LogP contribution is -2.44. The highest BCUT2D eigenvalue weighted by atomic mass is 35.5. The van der Waals surface area contributed by atoms with Gasteiger partial charge in [0.15, 0.2) is 0 Å². The van der Waals surface area contributed by atoms with E-state index in [0.717, 1.165) is 5.56 Å². The van der Waals surface area contributed by atoms with E-state index in [4.69, 9.17) is 22.1 Å². The van der Waals surface area contributed by atoms with Crippen LogP contribution in [0, 0.1) is 0 Å². The number of nitrogens with one attached hydrogen (secondary N) is 1. The third-order valence-corrected chi connectivity index (χ3v) is 2.63. The minimum atomic E-state index is -0.651. The highest BCUT2D eigenvalue weighted by Crippen LogP contribution is 2.17. The van der Waals surface area contributed by atoms with Crippen molar-refractivity contribution in [1.82, 2.24) is 5.32 Å². The van der Waals surface area contributed by atoms with Gasteiger partial charge in [-0.1, -0.05) is 23.7 Å². The number of methoxy groups -OCH3 is 1. The van der Waals surface area contributed by atoms with Gasteiger partial charge in [-0.05, 0) is 24.6 Å². The summed E-state index contributed by atoms with van der Waals surface area (Å²) in [6, 6.07) is 6.56. The Labute approximate surface area is 106 Å². The van der Waals surface area contributed by atoms with Crippen molar-refractivity contribution in [3.05, 3.63) is 34.9 Å². The topological polar surface area (TPSA) is 64.3 Å². The molecule has 2 atom stereocenters. The Morgan fingerprint density at radius 1 is 1.59 bits per heavy atom. The fraction of sp³-hybridized carbons (Fsp3) is 0.417. The molecule has 0 spiro atoms. The molecule has 1 amide bonds. The molecule has 1 aromatic carbocycles. The van der Waals surface area contributed by atoms with E-state index >= 15 is 0 Å². The molecule has 1 rings (SSSR count). The van der Waals surface area contributed by atoms with Crippen molar-refractivity contribution >= 4 is 17.5 Å². The summed E-state index contributed by atoms with van der Waals surface area (Å²) in [5.41, 5.74) is 6.56. The quantitative estimate of drug-likeness (QED) is 0.839. The van der Waals surface area contributed by atoms with E-state index in [1.54, 1.807) is 6.07 Å². The van der Waals surface area contributed by atoms with Gasteiger partial charge >= 0.3 is 0 Å². The van der Waals surface area contributed by atoms with Gasteiger partial charge in [0.2, 0.25) is 5.91 Å². The number of hydrogen-bond acceptors (Lipinski definition) is 3. The summed E-state index contributed by atoms with van der Waals surface area (Å²) in [7, 11) is 1.51. The average molecular weight is 257 g/mol. The van der Waals surface area contributed by atoms with E-state index < -0.39 is 6.04 Å². The van der Waals surface area contributed by atoms with Crippen LogP contribution in [-0.2, 0) is 9.53 Å². The lowest BCUT2D eigenvalue weighted by atomic mass is 10.1. The number of benzene rings is 1. The van der Waals surface area contributed by atoms with E-state index in [1.807, 2.05) is 25.1 Å². The van der Waals surface area contributed by atoms with E-state index in [0.29, 0.717) is 5.02 Å². The first kappa shape index (κ1) is 14.0. The first-order chi connectivity index (χ1) is 8.04. The van der Waals surface area contributed by atoms with Crippen LogP contribution < -0.4 is 11.1 Å². The predicted molar refractivity (Wildman–Crippen MR) is 67.9 cm³/mol. The summed E-state index contributed by atoms with van der Waals surface area (Å²) in [5.74, 6) is -0.237. The summed E-state index contributed by atoms with van der Waals surface area (Å²) in [6.07, 6.45) is 0. The number of ether oxygens (including phenoxy) is 1. The fourth-order valence-corrected chi connectivity index (χ4v) is 1.63. The van der Waals surface area contributed by atoms with Gasteiger partial charge in [-0.15, -0.1) is 0 Å². The van der Waals surface area contributed by atoms with Crippen molar-refractivity contribution in [2.45, 2.75) is 19.0 Å². The predicted octanol–water partition coefficient (Wildman–Crippen LogP) is 1.49. The normalized spacial score (nSPS) is 14.1. The van der Waals surface area contributed by atoms with Crippen molar-refractivity contribution in [3.8, 4) is 0 Å². The fourth-order valence-electron chi connectivity index (χ4n) is 1.43. The standard InChI is InChI=1S/C12H17ClN2O2/c1-8(9-4-3-5-10(13)6-9)15-12(16)11(14)7-17-2/h3-6,8,11H,7,14H2,1-2H3,(H,15,16)/t8-,11?/m0/s1. The van der Waals surface area contributed by atoms with Gasteiger partial charge in [-0.25, -0.2) is 0 Å². The van der Waals surface area contributed by atoms with Crippen molar-refractivity contribution < 1.29 is 9.53 Å². The summed E-state index contributed by atoms with van der Waals surface area (Å²) < 4.78 is 4.82. The first-order valence-electron chi connectivity index (χ1n) is 5.35. The van der Waals surface area contributed by atoms with Crippen LogP contribution in [-0.4, -0.2) is 25.7 Å². The molecule has 1 unspecified atom stereocenters. The summed E-state index contributed by atoms with van der Waals surface area (Å²) in [5, 5.41) is 3.45. The summed E-state index contributed by atoms with van der Waals surface area (Å²) in [6.45, 7) is 2.08. The highest BCUT2D eigenvalue weighted by Gasteiger charge is 2.16. The average Bonchev–Trinajstić information content (AvgIpc) is 2.29. The maximum absolute atomic E-state index is 11.7. The number of amides is 1. The van der Waals surface area contributed by atoms with Gasteiger partial charge in [-0.2, -0.15) is 0 Å². The Kier molecular flexibility index (Phi) is 5.41. The number of nitrogens with two attached hydrogens (primary N) is 1. The van der Waals surface area contributed by atoms with Gasteiger partial charge in [0.05, 0.1) is 12.6 Å². The molecule has 1 aromatic rings. The van der Waals surface area contributed by atoms with Crippen LogP contribution in [0.1, 0.15) is 18.5 Å². The lowest BCUT2D eigenvalue weighted by Gasteiger charge is -2.17. The van der Waals surface area contributed by atoms with Crippen molar-refractivity contribution in [3.63, 3.8) is 0 Å². The molecule has 3 N–H and O–H groups in total. The van der Waals surface area contributed by atoms with Gasteiger partial charge in [0, 0.05) is 12.1 Å². The molecule has 0 aromatic heterocycles. The van der Waals surface area contributed by atoms with Gasteiger partial charge < -0.3 is 15.8 Å². The smallest absolute Gasteiger partial charge is 0.239 e. The Hall–Kier alpha value is -1.10. The molecular formula is C12H17ClN2O2. The van der Waals surface area contributed by atoms with E-state index in [-0.39, 0.29) is 18.6 Å². The molecule has 0 aliphatic carbocycles. The van der Waals surface area contributed by atoms with Crippen LogP contribution in [0.5, 0.6) is 0 Å². The molecule has 0 bridgehead atoms. The summed E-state index contributed by atoms with van der Waals surface area (Å²) in [4.78, 5) is 11.7. The minimum Gasteiger partial charge on any atom is -0.383 e. The Balaban J connectivity index is 2.60. The second kappa shape index (κ2) is 6.59. The largest absolute Gasteiger partial charge is 0.383 e. The van der Waals surface area contributed by atoms with Gasteiger partial charge in [0.25, 0.3) is 0 Å². The van der Waals surface area contributed by atoms with Crippen LogP contribution in [0.2, 0.25) is 5.02 Å². The number of hydrogen-bond donors (Lipinski definition) is 2. The van der Waals surface area contributed by atoms with Crippen molar-refractivity contribution in [2.75, 3.05) is 13.7 Å². The lowest BCUT2D eigenvalue weighted by molar-refractivity contribution is -0.124. The maximum atomic E-state index is 11.7. The van der Waals surface area contributed by atoms with E-state index in [2.05, 4.69) is 5.32 Å². The molecule has 0 heterocycles. The Bertz CT molecular complexity index is 385. The number of carbonyl (C=O) groups is 1. The van der Waals surface area contributed by atoms with Gasteiger partial charge in [0.1, 0.15) is 6.04 Å². The van der Waals surface area contributed by atoms with Crippen LogP contribution >= 0.6 is 11.6 Å². The minimum absolute atomic E-state index is 0.135. The molecule has 17 heavy (non-hydrogen) atoms. The second-order valence-electron chi connectivity index (χ2n) is 3.85. The van der Waals surface area contributed by atoms with E-state index in [9.17, 15) is 4.79 Å². The third-order valence-electron chi connectivity index (χ3n) is 2.39. The maximum Gasteiger partial charge on any atom is 0.239 e. The van der Waals surface area contributed by atoms with Crippen molar-refractivity contribution in [2.24, 2.45) is 5.73 Å². The molecule has 5 heteroatoms. The van der Waals surface area contributed by atoms with Crippen LogP contribution in [0.25, 0.3) is 0 Å². The number of rotatable bonds is 5. The Morgan fingerprint density at radius 3 is 2.88 bits per heavy atom. The van der Waals surface area contributed by atoms with Crippen LogP contribution in [0.15, 0.2) is 24.3 Å². The van der Waals surface area contributed by atoms with Gasteiger partial charge in [-0.3, -0.25) is 4.79 Å². The zero-order valence-electron chi connectivity index (χ0n) is 9.94. The molecular weight excluding hydrogens is 240 g/mol. The molecule has 4 nitrogen and oxygen atoms in total. The number of carbonyl (C=O) groups excluding carboxylic acids is 1. The monoisotopic (exact) mass is 256 g/mol. The second-order valence-corrected chi connectivity index (χ2v) is 4.28. The summed E-state index contributed by atoms with van der Waals surface area (Å²) >= 11 is 5.88. The van der Waals surface area contributed by atoms with Crippen LogP contribution in [0.3, 0.4) is 0 Å². The molecule has 0 radical (unpaired) electrons. The van der Waals surface area contributed by atoms with Crippen LogP contribution in [0.4, 0.5) is 0 Å². The number of halogens is 1. The Morgan fingerprint density at radius 2 is 2.29 bits per heavy atom. The zero-order valence-corrected chi connectivity index (χ0v) is 10.7.